The van der Waals surface area contributed by atoms with E-state index in [0.717, 1.165) is 0 Å². The van der Waals surface area contributed by atoms with Gasteiger partial charge < -0.3 is 0 Å². The van der Waals surface area contributed by atoms with Crippen LogP contribution in [-0.4, -0.2) is 11.6 Å². The number of hydrogen-bond donors (Lipinski definition) is 0. The molecule has 1 unspecified atom stereocenters. The maximum Gasteiger partial charge on any atom is 0.392 e. The van der Waals surface area contributed by atoms with Crippen LogP contribution in [0.3, 0.4) is 0 Å². The highest BCUT2D eigenvalue weighted by molar-refractivity contribution is 6.21. The third-order valence-corrected chi connectivity index (χ3v) is 3.44. The van der Waals surface area contributed by atoms with Crippen LogP contribution in [0.2, 0.25) is 0 Å². The summed E-state index contributed by atoms with van der Waals surface area (Å²) in [4.78, 5) is 0. The Morgan fingerprint density at radius 2 is 1.38 bits per heavy atom. The lowest BCUT2D eigenvalue weighted by Gasteiger charge is -2.38. The molecular weight excluding hydrogens is 251 g/mol. The van der Waals surface area contributed by atoms with Crippen molar-refractivity contribution >= 4 is 11.6 Å². The molecule has 0 radical (unpaired) electrons. The van der Waals surface area contributed by atoms with Gasteiger partial charge >= 0.3 is 11.6 Å². The monoisotopic (exact) mass is 266 g/mol. The zero-order valence-electron chi connectivity index (χ0n) is 9.47. The Morgan fingerprint density at radius 3 is 1.56 bits per heavy atom. The summed E-state index contributed by atoms with van der Waals surface area (Å²) in [6, 6.07) is 0. The fourth-order valence-electron chi connectivity index (χ4n) is 1.73. The van der Waals surface area contributed by atoms with E-state index < -0.39 is 29.3 Å². The fraction of sp³-hybridized carbons (Fsp3) is 1.00. The number of alkyl halides is 6. The van der Waals surface area contributed by atoms with Crippen LogP contribution in [0.15, 0.2) is 0 Å². The molecule has 0 aromatic heterocycles. The topological polar surface area (TPSA) is 0 Å². The molecule has 0 aliphatic carbocycles. The number of rotatable bonds is 5. The van der Waals surface area contributed by atoms with Crippen molar-refractivity contribution in [3.8, 4) is 0 Å². The standard InChI is InChI=1S/C10H16ClF5/c1-4-8(3,5-2)7(10(14,15)16)6-9(11,12)13/h7H,4-6H2,1-3H3. The van der Waals surface area contributed by atoms with Crippen molar-refractivity contribution in [1.29, 1.82) is 0 Å². The molecule has 0 amide bonds. The van der Waals surface area contributed by atoms with E-state index in [4.69, 9.17) is 0 Å². The lowest BCUT2D eigenvalue weighted by molar-refractivity contribution is -0.219. The molecule has 0 aliphatic heterocycles. The van der Waals surface area contributed by atoms with Crippen LogP contribution in [0.1, 0.15) is 40.0 Å². The molecule has 0 rings (SSSR count). The van der Waals surface area contributed by atoms with Crippen LogP contribution in [-0.2, 0) is 0 Å². The molecular formula is C10H16ClF5. The highest BCUT2D eigenvalue weighted by Crippen LogP contribution is 2.49. The highest BCUT2D eigenvalue weighted by Gasteiger charge is 2.53. The summed E-state index contributed by atoms with van der Waals surface area (Å²) in [6.45, 7) is 4.50. The van der Waals surface area contributed by atoms with Gasteiger partial charge in [-0.2, -0.15) is 22.0 Å². The Kier molecular flexibility index (Phi) is 5.05. The van der Waals surface area contributed by atoms with Crippen molar-refractivity contribution in [2.45, 2.75) is 51.6 Å². The van der Waals surface area contributed by atoms with E-state index in [1.54, 1.807) is 13.8 Å². The largest absolute Gasteiger partial charge is 0.392 e. The zero-order chi connectivity index (χ0) is 13.2. The fourth-order valence-corrected chi connectivity index (χ4v) is 1.89. The summed E-state index contributed by atoms with van der Waals surface area (Å²) in [5.74, 6) is -2.08. The van der Waals surface area contributed by atoms with Gasteiger partial charge in [0.15, 0.2) is 0 Å². The first-order valence-electron chi connectivity index (χ1n) is 5.09. The first-order chi connectivity index (χ1) is 6.96. The van der Waals surface area contributed by atoms with E-state index in [9.17, 15) is 22.0 Å². The van der Waals surface area contributed by atoms with Crippen LogP contribution in [0.25, 0.3) is 0 Å². The van der Waals surface area contributed by atoms with Crippen LogP contribution < -0.4 is 0 Å². The van der Waals surface area contributed by atoms with E-state index in [1.165, 1.54) is 6.92 Å². The minimum atomic E-state index is -4.65. The predicted octanol–water partition coefficient (Wildman–Crippen LogP) is 5.21. The average molecular weight is 267 g/mol. The van der Waals surface area contributed by atoms with Crippen LogP contribution in [0.5, 0.6) is 0 Å². The molecule has 16 heavy (non-hydrogen) atoms. The third-order valence-electron chi connectivity index (χ3n) is 3.29. The first-order valence-corrected chi connectivity index (χ1v) is 5.47. The second-order valence-electron chi connectivity index (χ2n) is 4.27. The molecule has 0 fully saturated rings. The molecule has 0 saturated carbocycles. The smallest absolute Gasteiger partial charge is 0.188 e. The van der Waals surface area contributed by atoms with Gasteiger partial charge in [0.25, 0.3) is 0 Å². The van der Waals surface area contributed by atoms with Crippen molar-refractivity contribution in [1.82, 2.24) is 0 Å². The molecule has 0 saturated heterocycles. The summed E-state index contributed by atoms with van der Waals surface area (Å²) in [6.07, 6.45) is -5.66. The molecule has 0 spiro atoms. The van der Waals surface area contributed by atoms with E-state index >= 15 is 0 Å². The van der Waals surface area contributed by atoms with Gasteiger partial charge in [0.1, 0.15) is 0 Å². The van der Waals surface area contributed by atoms with E-state index in [0.29, 0.717) is 0 Å². The molecule has 1 atom stereocenters. The second-order valence-corrected chi connectivity index (χ2v) is 4.83. The van der Waals surface area contributed by atoms with Crippen LogP contribution >= 0.6 is 11.6 Å². The van der Waals surface area contributed by atoms with Crippen molar-refractivity contribution in [3.63, 3.8) is 0 Å². The lowest BCUT2D eigenvalue weighted by Crippen LogP contribution is -2.40. The molecule has 6 heteroatoms. The number of halogens is 6. The minimum Gasteiger partial charge on any atom is -0.188 e. The maximum atomic E-state index is 12.7. The molecule has 98 valence electrons. The molecule has 0 aromatic rings. The van der Waals surface area contributed by atoms with Crippen LogP contribution in [0, 0.1) is 11.3 Å². The molecule has 0 aliphatic rings. The van der Waals surface area contributed by atoms with Gasteiger partial charge in [0, 0.05) is 6.42 Å². The lowest BCUT2D eigenvalue weighted by atomic mass is 9.71. The molecule has 0 bridgehead atoms. The van der Waals surface area contributed by atoms with Gasteiger partial charge in [-0.15, -0.1) is 0 Å². The Morgan fingerprint density at radius 1 is 1.00 bits per heavy atom. The normalized spacial score (nSPS) is 16.3. The molecule has 0 aromatic carbocycles. The molecule has 0 N–H and O–H groups in total. The van der Waals surface area contributed by atoms with Crippen LogP contribution in [0.4, 0.5) is 22.0 Å². The van der Waals surface area contributed by atoms with E-state index in [-0.39, 0.29) is 12.8 Å². The van der Waals surface area contributed by atoms with E-state index in [1.807, 2.05) is 0 Å². The summed E-state index contributed by atoms with van der Waals surface area (Å²) in [5, 5.41) is -3.81. The third kappa shape index (κ3) is 4.44. The second kappa shape index (κ2) is 5.07. The minimum absolute atomic E-state index is 0.181. The van der Waals surface area contributed by atoms with Crippen molar-refractivity contribution < 1.29 is 22.0 Å². The van der Waals surface area contributed by atoms with Gasteiger partial charge in [-0.25, -0.2) is 0 Å². The maximum absolute atomic E-state index is 12.7. The SMILES string of the molecule is CCC(C)(CC)C(CC(F)(F)Cl)C(F)(F)F. The highest BCUT2D eigenvalue weighted by atomic mass is 35.5. The summed E-state index contributed by atoms with van der Waals surface area (Å²) in [5.41, 5.74) is -1.20. The van der Waals surface area contributed by atoms with Crippen molar-refractivity contribution in [3.05, 3.63) is 0 Å². The average Bonchev–Trinajstić information content (AvgIpc) is 2.10. The Balaban J connectivity index is 5.10. The van der Waals surface area contributed by atoms with Crippen molar-refractivity contribution in [2.24, 2.45) is 11.3 Å². The van der Waals surface area contributed by atoms with E-state index in [2.05, 4.69) is 11.6 Å². The van der Waals surface area contributed by atoms with Gasteiger partial charge in [0.2, 0.25) is 0 Å². The zero-order valence-corrected chi connectivity index (χ0v) is 10.2. The first kappa shape index (κ1) is 15.9. The van der Waals surface area contributed by atoms with Gasteiger partial charge in [0.05, 0.1) is 5.92 Å². The molecule has 0 heterocycles. The Hall–Kier alpha value is -0.0600. The predicted molar refractivity (Wildman–Crippen MR) is 53.7 cm³/mol. The van der Waals surface area contributed by atoms with Gasteiger partial charge in [-0.1, -0.05) is 33.6 Å². The van der Waals surface area contributed by atoms with Gasteiger partial charge in [-0.05, 0) is 17.0 Å². The summed E-state index contributed by atoms with van der Waals surface area (Å²) >= 11 is 4.62. The summed E-state index contributed by atoms with van der Waals surface area (Å²) < 4.78 is 63.3. The van der Waals surface area contributed by atoms with Gasteiger partial charge in [-0.3, -0.25) is 0 Å². The Bertz CT molecular complexity index is 214. The summed E-state index contributed by atoms with van der Waals surface area (Å²) in [7, 11) is 0. The number of hydrogen-bond acceptors (Lipinski definition) is 0. The Labute approximate surface area is 97.2 Å². The quantitative estimate of drug-likeness (QED) is 0.473. The van der Waals surface area contributed by atoms with Crippen molar-refractivity contribution in [2.75, 3.05) is 0 Å². The molecule has 0 nitrogen and oxygen atoms in total.